The van der Waals surface area contributed by atoms with Crippen molar-refractivity contribution >= 4 is 40.4 Å². The van der Waals surface area contributed by atoms with Gasteiger partial charge in [0, 0.05) is 17.2 Å². The number of methoxy groups -OCH3 is 1. The number of urea groups is 1. The summed E-state index contributed by atoms with van der Waals surface area (Å²) in [4.78, 5) is 40.1. The Hall–Kier alpha value is -4.91. The first-order chi connectivity index (χ1) is 18.8. The molecule has 0 unspecified atom stereocenters. The van der Waals surface area contributed by atoms with E-state index in [1.165, 1.54) is 6.08 Å². The van der Waals surface area contributed by atoms with Gasteiger partial charge in [-0.2, -0.15) is 0 Å². The lowest BCUT2D eigenvalue weighted by atomic mass is 10.0. The van der Waals surface area contributed by atoms with Crippen molar-refractivity contribution in [2.45, 2.75) is 27.4 Å². The number of amides is 4. The topological polar surface area (TPSA) is 84.9 Å². The molecule has 0 aliphatic carbocycles. The molecule has 7 nitrogen and oxygen atoms in total. The van der Waals surface area contributed by atoms with Crippen molar-refractivity contribution in [3.63, 3.8) is 0 Å². The number of barbiturate groups is 1. The average Bonchev–Trinajstić information content (AvgIpc) is 2.92. The van der Waals surface area contributed by atoms with Crippen LogP contribution in [0.5, 0.6) is 11.5 Å². The van der Waals surface area contributed by atoms with E-state index >= 15 is 0 Å². The Labute approximate surface area is 226 Å². The molecule has 0 atom stereocenters. The lowest BCUT2D eigenvalue weighted by Crippen LogP contribution is -2.54. The molecule has 4 aromatic carbocycles. The number of benzene rings is 4. The molecule has 0 saturated carbocycles. The predicted octanol–water partition coefficient (Wildman–Crippen LogP) is 6.02. The molecule has 1 heterocycles. The van der Waals surface area contributed by atoms with Crippen molar-refractivity contribution in [2.75, 3.05) is 12.0 Å². The van der Waals surface area contributed by atoms with Gasteiger partial charge in [-0.15, -0.1) is 0 Å². The van der Waals surface area contributed by atoms with Crippen molar-refractivity contribution in [3.05, 3.63) is 106 Å². The summed E-state index contributed by atoms with van der Waals surface area (Å²) in [5.74, 6) is -0.472. The van der Waals surface area contributed by atoms with Crippen LogP contribution >= 0.6 is 0 Å². The lowest BCUT2D eigenvalue weighted by Gasteiger charge is -2.28. The van der Waals surface area contributed by atoms with Crippen molar-refractivity contribution < 1.29 is 23.9 Å². The number of anilines is 1. The Morgan fingerprint density at radius 3 is 2.44 bits per heavy atom. The Morgan fingerprint density at radius 2 is 1.64 bits per heavy atom. The van der Waals surface area contributed by atoms with Gasteiger partial charge in [0.05, 0.1) is 12.8 Å². The number of hydrogen-bond acceptors (Lipinski definition) is 5. The van der Waals surface area contributed by atoms with Crippen LogP contribution in [0.15, 0.2) is 78.4 Å². The van der Waals surface area contributed by atoms with Gasteiger partial charge in [-0.3, -0.25) is 14.9 Å². The van der Waals surface area contributed by atoms with Crippen LogP contribution in [0.1, 0.15) is 27.8 Å². The maximum Gasteiger partial charge on any atom is 0.335 e. The van der Waals surface area contributed by atoms with Crippen LogP contribution in [0.25, 0.3) is 16.8 Å². The second-order valence-corrected chi connectivity index (χ2v) is 9.52. The molecule has 1 fully saturated rings. The minimum absolute atomic E-state index is 0.174. The van der Waals surface area contributed by atoms with E-state index in [-0.39, 0.29) is 12.2 Å². The summed E-state index contributed by atoms with van der Waals surface area (Å²) in [7, 11) is 1.55. The Morgan fingerprint density at radius 1 is 0.872 bits per heavy atom. The van der Waals surface area contributed by atoms with Crippen molar-refractivity contribution in [1.82, 2.24) is 5.32 Å². The second kappa shape index (κ2) is 10.5. The quantitative estimate of drug-likeness (QED) is 0.248. The lowest BCUT2D eigenvalue weighted by molar-refractivity contribution is -0.122. The van der Waals surface area contributed by atoms with Crippen LogP contribution in [-0.4, -0.2) is 25.0 Å². The summed E-state index contributed by atoms with van der Waals surface area (Å²) in [5, 5.41) is 4.49. The molecule has 7 heteroatoms. The normalized spacial score (nSPS) is 14.6. The third-order valence-electron chi connectivity index (χ3n) is 6.87. The van der Waals surface area contributed by atoms with Gasteiger partial charge in [-0.1, -0.05) is 48.5 Å². The van der Waals surface area contributed by atoms with Gasteiger partial charge in [0.2, 0.25) is 0 Å². The van der Waals surface area contributed by atoms with Crippen LogP contribution in [0.3, 0.4) is 0 Å². The number of aryl methyl sites for hydroxylation is 3. The highest BCUT2D eigenvalue weighted by Crippen LogP contribution is 2.32. The highest BCUT2D eigenvalue weighted by molar-refractivity contribution is 6.39. The molecule has 1 aliphatic rings. The maximum absolute atomic E-state index is 13.5. The van der Waals surface area contributed by atoms with E-state index in [1.807, 2.05) is 38.1 Å². The number of fused-ring (bicyclic) bond motifs is 1. The Bertz CT molecular complexity index is 1670. The highest BCUT2D eigenvalue weighted by Gasteiger charge is 2.37. The molecule has 0 aromatic heterocycles. The summed E-state index contributed by atoms with van der Waals surface area (Å²) in [6, 6.07) is 22.1. The van der Waals surface area contributed by atoms with E-state index in [1.54, 1.807) is 38.3 Å². The van der Waals surface area contributed by atoms with Gasteiger partial charge in [0.15, 0.2) is 0 Å². The molecular weight excluding hydrogens is 492 g/mol. The van der Waals surface area contributed by atoms with Crippen LogP contribution in [0.4, 0.5) is 10.5 Å². The summed E-state index contributed by atoms with van der Waals surface area (Å²) in [6.45, 7) is 5.98. The number of hydrogen-bond donors (Lipinski definition) is 1. The number of nitrogens with one attached hydrogen (secondary N) is 1. The van der Waals surface area contributed by atoms with Crippen LogP contribution in [-0.2, 0) is 16.2 Å². The van der Waals surface area contributed by atoms with E-state index < -0.39 is 17.8 Å². The molecule has 0 spiro atoms. The van der Waals surface area contributed by atoms with Crippen LogP contribution in [0, 0.1) is 20.8 Å². The number of carbonyl (C=O) groups is 3. The van der Waals surface area contributed by atoms with E-state index in [2.05, 4.69) is 29.6 Å². The second-order valence-electron chi connectivity index (χ2n) is 9.52. The van der Waals surface area contributed by atoms with E-state index in [0.29, 0.717) is 22.7 Å². The highest BCUT2D eigenvalue weighted by atomic mass is 16.5. The van der Waals surface area contributed by atoms with Crippen molar-refractivity contribution in [1.29, 1.82) is 0 Å². The van der Waals surface area contributed by atoms with Crippen molar-refractivity contribution in [2.24, 2.45) is 0 Å². The van der Waals surface area contributed by atoms with Gasteiger partial charge in [0.1, 0.15) is 23.7 Å². The maximum atomic E-state index is 13.5. The largest absolute Gasteiger partial charge is 0.497 e. The summed E-state index contributed by atoms with van der Waals surface area (Å²) in [6.07, 6.45) is 1.45. The molecule has 0 bridgehead atoms. The predicted molar refractivity (Wildman–Crippen MR) is 151 cm³/mol. The molecule has 5 rings (SSSR count). The molecule has 1 aliphatic heterocycles. The zero-order valence-corrected chi connectivity index (χ0v) is 22.2. The minimum atomic E-state index is -0.784. The standard InChI is InChI=1S/C32H28N2O5/c1-19-9-10-21(3)28(15-19)34-31(36)26(30(35)33-32(34)37)16-23-13-14-24(38-4)17-29(23)39-18-27-20(2)11-12-22-7-5-6-8-25(22)27/h5-17H,18H2,1-4H3,(H,33,35,37)/b26-16+. The van der Waals surface area contributed by atoms with Gasteiger partial charge in [0.25, 0.3) is 11.8 Å². The van der Waals surface area contributed by atoms with Gasteiger partial charge in [-0.05, 0) is 72.5 Å². The summed E-state index contributed by atoms with van der Waals surface area (Å²) in [5.41, 5.74) is 4.49. The van der Waals surface area contributed by atoms with Crippen LogP contribution < -0.4 is 19.7 Å². The van der Waals surface area contributed by atoms with Gasteiger partial charge < -0.3 is 9.47 Å². The monoisotopic (exact) mass is 520 g/mol. The first kappa shape index (κ1) is 25.7. The molecule has 0 radical (unpaired) electrons. The summed E-state index contributed by atoms with van der Waals surface area (Å²) < 4.78 is 11.7. The first-order valence-electron chi connectivity index (χ1n) is 12.5. The van der Waals surface area contributed by atoms with Crippen LogP contribution in [0.2, 0.25) is 0 Å². The van der Waals surface area contributed by atoms with E-state index in [0.717, 1.165) is 37.9 Å². The molecule has 4 amide bonds. The molecule has 196 valence electrons. The van der Waals surface area contributed by atoms with E-state index in [4.69, 9.17) is 9.47 Å². The number of ether oxygens (including phenoxy) is 2. The Balaban J connectivity index is 1.53. The zero-order chi connectivity index (χ0) is 27.7. The third-order valence-corrected chi connectivity index (χ3v) is 6.87. The fraction of sp³-hybridized carbons (Fsp3) is 0.156. The first-order valence-corrected chi connectivity index (χ1v) is 12.5. The van der Waals surface area contributed by atoms with Gasteiger partial charge >= 0.3 is 6.03 Å². The molecular formula is C32H28N2O5. The van der Waals surface area contributed by atoms with Gasteiger partial charge in [-0.25, -0.2) is 9.69 Å². The zero-order valence-electron chi connectivity index (χ0n) is 22.2. The van der Waals surface area contributed by atoms with E-state index in [9.17, 15) is 14.4 Å². The smallest absolute Gasteiger partial charge is 0.335 e. The Kier molecular flexibility index (Phi) is 6.90. The van der Waals surface area contributed by atoms with Crippen molar-refractivity contribution in [3.8, 4) is 11.5 Å². The molecule has 1 N–H and O–H groups in total. The number of imide groups is 2. The fourth-order valence-electron chi connectivity index (χ4n) is 4.66. The number of carbonyl (C=O) groups excluding carboxylic acids is 3. The minimum Gasteiger partial charge on any atom is -0.497 e. The molecule has 39 heavy (non-hydrogen) atoms. The number of rotatable bonds is 6. The number of nitrogens with zero attached hydrogens (tertiary/aromatic N) is 1. The molecule has 1 saturated heterocycles. The SMILES string of the molecule is COc1ccc(/C=C2\C(=O)NC(=O)N(c3cc(C)ccc3C)C2=O)c(OCc2c(C)ccc3ccccc23)c1. The fourth-order valence-corrected chi connectivity index (χ4v) is 4.66. The summed E-state index contributed by atoms with van der Waals surface area (Å²) >= 11 is 0. The molecule has 4 aromatic rings. The average molecular weight is 521 g/mol. The third kappa shape index (κ3) is 4.99.